The molecule has 0 atom stereocenters. The maximum absolute atomic E-state index is 13.8. The molecule has 0 bridgehead atoms. The van der Waals surface area contributed by atoms with Gasteiger partial charge in [0.05, 0.1) is 5.69 Å². The topological polar surface area (TPSA) is 38.0 Å². The van der Waals surface area contributed by atoms with Gasteiger partial charge in [0.1, 0.15) is 16.6 Å². The molecule has 0 spiro atoms. The Morgan fingerprint density at radius 2 is 1.85 bits per heavy atom. The predicted molar refractivity (Wildman–Crippen MR) is 84.4 cm³/mol. The van der Waals surface area contributed by atoms with Crippen LogP contribution < -0.4 is 11.1 Å². The number of aryl methyl sites for hydroxylation is 1. The highest BCUT2D eigenvalue weighted by Crippen LogP contribution is 2.27. The van der Waals surface area contributed by atoms with Crippen LogP contribution in [0.5, 0.6) is 0 Å². The Hall–Kier alpha value is -1.53. The second kappa shape index (κ2) is 5.85. The van der Waals surface area contributed by atoms with Gasteiger partial charge in [-0.1, -0.05) is 28.1 Å². The molecule has 2 rings (SSSR count). The van der Waals surface area contributed by atoms with Gasteiger partial charge in [0.15, 0.2) is 0 Å². The van der Waals surface area contributed by atoms with Crippen molar-refractivity contribution in [1.82, 2.24) is 0 Å². The molecule has 0 saturated heterocycles. The van der Waals surface area contributed by atoms with Gasteiger partial charge in [0, 0.05) is 21.8 Å². The first-order valence-corrected chi connectivity index (χ1v) is 6.90. The van der Waals surface area contributed by atoms with Crippen molar-refractivity contribution in [3.63, 3.8) is 0 Å². The molecule has 104 valence electrons. The van der Waals surface area contributed by atoms with Crippen molar-refractivity contribution in [2.75, 3.05) is 5.32 Å². The number of hydrogen-bond acceptors (Lipinski definition) is 2. The molecule has 0 saturated carbocycles. The molecule has 2 aromatic rings. The van der Waals surface area contributed by atoms with Crippen LogP contribution in [0.3, 0.4) is 0 Å². The van der Waals surface area contributed by atoms with Gasteiger partial charge < -0.3 is 11.1 Å². The number of nitrogens with two attached hydrogens (primary N) is 1. The molecule has 2 nitrogen and oxygen atoms in total. The number of anilines is 2. The van der Waals surface area contributed by atoms with E-state index in [0.717, 1.165) is 16.6 Å². The minimum Gasteiger partial charge on any atom is -0.389 e. The fraction of sp³-hybridized carbons (Fsp3) is 0.0714. The normalized spacial score (nSPS) is 10.4. The first-order chi connectivity index (χ1) is 9.38. The quantitative estimate of drug-likeness (QED) is 0.799. The summed E-state index contributed by atoms with van der Waals surface area (Å²) in [7, 11) is 0. The van der Waals surface area contributed by atoms with E-state index in [1.165, 1.54) is 6.92 Å². The summed E-state index contributed by atoms with van der Waals surface area (Å²) in [5.41, 5.74) is 6.98. The molecule has 0 heterocycles. The van der Waals surface area contributed by atoms with Crippen LogP contribution in [0, 0.1) is 18.6 Å². The third-order valence-electron chi connectivity index (χ3n) is 2.76. The number of thiocarbonyl (C=S) groups is 1. The van der Waals surface area contributed by atoms with E-state index in [1.54, 1.807) is 18.2 Å². The lowest BCUT2D eigenvalue weighted by Gasteiger charge is -2.13. The van der Waals surface area contributed by atoms with Gasteiger partial charge in [-0.2, -0.15) is 0 Å². The van der Waals surface area contributed by atoms with Crippen LogP contribution >= 0.6 is 28.1 Å². The zero-order valence-corrected chi connectivity index (χ0v) is 12.9. The second-order valence-electron chi connectivity index (χ2n) is 4.26. The van der Waals surface area contributed by atoms with Crippen molar-refractivity contribution in [3.05, 3.63) is 57.6 Å². The van der Waals surface area contributed by atoms with Crippen LogP contribution in [0.2, 0.25) is 0 Å². The largest absolute Gasteiger partial charge is 0.389 e. The number of hydrogen-bond donors (Lipinski definition) is 2. The van der Waals surface area contributed by atoms with Gasteiger partial charge in [-0.25, -0.2) is 8.78 Å². The lowest BCUT2D eigenvalue weighted by molar-refractivity contribution is 0.595. The van der Waals surface area contributed by atoms with Crippen LogP contribution in [0.25, 0.3) is 0 Å². The van der Waals surface area contributed by atoms with E-state index in [4.69, 9.17) is 18.0 Å². The summed E-state index contributed by atoms with van der Waals surface area (Å²) in [6.45, 7) is 1.50. The van der Waals surface area contributed by atoms with Crippen molar-refractivity contribution in [1.29, 1.82) is 0 Å². The van der Waals surface area contributed by atoms with Crippen molar-refractivity contribution in [2.24, 2.45) is 5.73 Å². The van der Waals surface area contributed by atoms with E-state index >= 15 is 0 Å². The lowest BCUT2D eigenvalue weighted by Crippen LogP contribution is -2.12. The summed E-state index contributed by atoms with van der Waals surface area (Å²) in [4.78, 5) is 0.168. The highest BCUT2D eigenvalue weighted by Gasteiger charge is 2.11. The molecule has 0 unspecified atom stereocenters. The fourth-order valence-electron chi connectivity index (χ4n) is 1.72. The second-order valence-corrected chi connectivity index (χ2v) is 5.62. The van der Waals surface area contributed by atoms with E-state index in [-0.39, 0.29) is 16.2 Å². The van der Waals surface area contributed by atoms with Gasteiger partial charge in [-0.3, -0.25) is 0 Å². The zero-order chi connectivity index (χ0) is 14.9. The molecule has 0 fully saturated rings. The average molecular weight is 357 g/mol. The number of benzene rings is 2. The standard InChI is InChI=1S/C14H11BrF2N2S/c1-7-4-11(17)13(6-10(7)16)19-12-3-2-8(15)5-9(12)14(18)20/h2-6,19H,1H3,(H2,18,20). The first-order valence-electron chi connectivity index (χ1n) is 5.70. The molecular weight excluding hydrogens is 346 g/mol. The van der Waals surface area contributed by atoms with E-state index in [0.29, 0.717) is 11.3 Å². The van der Waals surface area contributed by atoms with Crippen LogP contribution in [-0.4, -0.2) is 4.99 Å². The van der Waals surface area contributed by atoms with Crippen LogP contribution in [0.4, 0.5) is 20.2 Å². The SMILES string of the molecule is Cc1cc(F)c(Nc2ccc(Br)cc2C(N)=S)cc1F. The van der Waals surface area contributed by atoms with E-state index < -0.39 is 11.6 Å². The molecule has 20 heavy (non-hydrogen) atoms. The van der Waals surface area contributed by atoms with Crippen LogP contribution in [0.15, 0.2) is 34.8 Å². The Morgan fingerprint density at radius 3 is 2.50 bits per heavy atom. The number of halogens is 3. The Balaban J connectivity index is 2.45. The lowest BCUT2D eigenvalue weighted by atomic mass is 10.1. The van der Waals surface area contributed by atoms with Gasteiger partial charge >= 0.3 is 0 Å². The molecule has 3 N–H and O–H groups in total. The summed E-state index contributed by atoms with van der Waals surface area (Å²) in [5, 5.41) is 2.81. The molecule has 0 aliphatic carbocycles. The molecule has 0 aliphatic heterocycles. The Morgan fingerprint density at radius 1 is 1.15 bits per heavy atom. The number of nitrogens with one attached hydrogen (secondary N) is 1. The Bertz CT molecular complexity index is 689. The van der Waals surface area contributed by atoms with Crippen molar-refractivity contribution in [3.8, 4) is 0 Å². The monoisotopic (exact) mass is 356 g/mol. The van der Waals surface area contributed by atoms with Crippen molar-refractivity contribution in [2.45, 2.75) is 6.92 Å². The van der Waals surface area contributed by atoms with Gasteiger partial charge in [-0.05, 0) is 36.8 Å². The zero-order valence-electron chi connectivity index (χ0n) is 10.5. The van der Waals surface area contributed by atoms with Crippen LogP contribution in [0.1, 0.15) is 11.1 Å². The van der Waals surface area contributed by atoms with Gasteiger partial charge in [0.2, 0.25) is 0 Å². The molecule has 0 radical (unpaired) electrons. The minimum atomic E-state index is -0.541. The van der Waals surface area contributed by atoms with E-state index in [2.05, 4.69) is 21.2 Å². The third kappa shape index (κ3) is 3.13. The smallest absolute Gasteiger partial charge is 0.147 e. The molecule has 0 aromatic heterocycles. The number of rotatable bonds is 3. The molecule has 6 heteroatoms. The Kier molecular flexibility index (Phi) is 4.35. The molecule has 0 amide bonds. The third-order valence-corrected chi connectivity index (χ3v) is 3.48. The van der Waals surface area contributed by atoms with E-state index in [1.807, 2.05) is 0 Å². The van der Waals surface area contributed by atoms with Crippen molar-refractivity contribution < 1.29 is 8.78 Å². The summed E-state index contributed by atoms with van der Waals surface area (Å²) >= 11 is 8.26. The molecule has 0 aliphatic rings. The van der Waals surface area contributed by atoms with Gasteiger partial charge in [-0.15, -0.1) is 0 Å². The highest BCUT2D eigenvalue weighted by molar-refractivity contribution is 9.10. The average Bonchev–Trinajstić information content (AvgIpc) is 2.37. The summed E-state index contributed by atoms with van der Waals surface area (Å²) in [5.74, 6) is -1.02. The van der Waals surface area contributed by atoms with Crippen LogP contribution in [-0.2, 0) is 0 Å². The molecule has 2 aromatic carbocycles. The minimum absolute atomic E-state index is 0.0351. The maximum atomic E-state index is 13.8. The van der Waals surface area contributed by atoms with Gasteiger partial charge in [0.25, 0.3) is 0 Å². The summed E-state index contributed by atoms with van der Waals surface area (Å²) < 4.78 is 28.1. The maximum Gasteiger partial charge on any atom is 0.147 e. The fourth-order valence-corrected chi connectivity index (χ4v) is 2.25. The van der Waals surface area contributed by atoms with E-state index in [9.17, 15) is 8.78 Å². The first kappa shape index (κ1) is 14.9. The van der Waals surface area contributed by atoms with Crippen molar-refractivity contribution >= 4 is 44.5 Å². The predicted octanol–water partition coefficient (Wildman–Crippen LogP) is 4.41. The molecular formula is C14H11BrF2N2S. The summed E-state index contributed by atoms with van der Waals surface area (Å²) in [6.07, 6.45) is 0. The highest BCUT2D eigenvalue weighted by atomic mass is 79.9. The Labute approximate surface area is 129 Å². The summed E-state index contributed by atoms with van der Waals surface area (Å²) in [6, 6.07) is 7.41.